The summed E-state index contributed by atoms with van der Waals surface area (Å²) in [4.78, 5) is 13.9. The smallest absolute Gasteiger partial charge is 0.231 e. The molecule has 0 unspecified atom stereocenters. The predicted molar refractivity (Wildman–Crippen MR) is 61.1 cm³/mol. The van der Waals surface area contributed by atoms with Crippen molar-refractivity contribution >= 4 is 5.91 Å². The normalized spacial score (nSPS) is 19.4. The molecule has 0 aromatic carbocycles. The Hall–Kier alpha value is -0.650. The minimum absolute atomic E-state index is 0.00352. The number of hydrogen-bond donors (Lipinski definition) is 2. The highest BCUT2D eigenvalue weighted by Crippen LogP contribution is 2.31. The van der Waals surface area contributed by atoms with Gasteiger partial charge in [-0.1, -0.05) is 0 Å². The molecule has 5 nitrogen and oxygen atoms in total. The van der Waals surface area contributed by atoms with Crippen LogP contribution in [0.25, 0.3) is 0 Å². The van der Waals surface area contributed by atoms with Gasteiger partial charge in [0, 0.05) is 20.7 Å². The van der Waals surface area contributed by atoms with Gasteiger partial charge in [-0.3, -0.25) is 4.79 Å². The van der Waals surface area contributed by atoms with E-state index in [0.29, 0.717) is 13.2 Å². The number of aliphatic hydroxyl groups is 1. The molecule has 0 aliphatic carbocycles. The lowest BCUT2D eigenvalue weighted by Gasteiger charge is -2.38. The van der Waals surface area contributed by atoms with Gasteiger partial charge in [0.15, 0.2) is 0 Å². The number of nitrogens with zero attached hydrogens (tertiary/aromatic N) is 1. The van der Waals surface area contributed by atoms with Crippen LogP contribution in [0.15, 0.2) is 0 Å². The van der Waals surface area contributed by atoms with Gasteiger partial charge in [0.2, 0.25) is 5.91 Å². The molecule has 0 aromatic heterocycles. The fraction of sp³-hybridized carbons (Fsp3) is 0.909. The number of amides is 1. The molecule has 1 heterocycles. The fourth-order valence-corrected chi connectivity index (χ4v) is 2.26. The molecule has 1 amide bonds. The van der Waals surface area contributed by atoms with Gasteiger partial charge in [-0.25, -0.2) is 0 Å². The number of carbonyl (C=O) groups excluding carboxylic acids is 1. The molecular formula is C11H22N2O3. The summed E-state index contributed by atoms with van der Waals surface area (Å²) in [5.74, 6) is 0.0879. The van der Waals surface area contributed by atoms with E-state index in [4.69, 9.17) is 9.84 Å². The number of rotatable bonds is 5. The molecule has 0 aromatic rings. The number of likely N-dealkylation sites (N-methyl/N-ethyl adjacent to an activating group) is 1. The van der Waals surface area contributed by atoms with Gasteiger partial charge >= 0.3 is 0 Å². The maximum absolute atomic E-state index is 12.3. The number of carbonyl (C=O) groups is 1. The van der Waals surface area contributed by atoms with E-state index in [0.717, 1.165) is 25.9 Å². The summed E-state index contributed by atoms with van der Waals surface area (Å²) in [5.41, 5.74) is -0.399. The highest BCUT2D eigenvalue weighted by molar-refractivity contribution is 5.82. The lowest BCUT2D eigenvalue weighted by Crippen LogP contribution is -2.51. The van der Waals surface area contributed by atoms with Crippen LogP contribution in [-0.4, -0.2) is 62.9 Å². The van der Waals surface area contributed by atoms with E-state index in [1.807, 2.05) is 0 Å². The summed E-state index contributed by atoms with van der Waals surface area (Å²) in [5, 5.41) is 12.1. The predicted octanol–water partition coefficient (Wildman–Crippen LogP) is -0.547. The summed E-state index contributed by atoms with van der Waals surface area (Å²) in [6.07, 6.45) is 1.60. The second-order valence-corrected chi connectivity index (χ2v) is 4.41. The van der Waals surface area contributed by atoms with Crippen LogP contribution in [0.1, 0.15) is 12.8 Å². The Morgan fingerprint density at radius 2 is 2.12 bits per heavy atom. The Morgan fingerprint density at radius 1 is 1.50 bits per heavy atom. The highest BCUT2D eigenvalue weighted by atomic mass is 16.5. The van der Waals surface area contributed by atoms with E-state index in [2.05, 4.69) is 5.32 Å². The van der Waals surface area contributed by atoms with Crippen LogP contribution in [0.4, 0.5) is 0 Å². The van der Waals surface area contributed by atoms with Crippen molar-refractivity contribution in [3.05, 3.63) is 0 Å². The second kappa shape index (κ2) is 6.18. The number of methoxy groups -OCH3 is 1. The number of piperidine rings is 1. The van der Waals surface area contributed by atoms with Crippen LogP contribution in [0.3, 0.4) is 0 Å². The van der Waals surface area contributed by atoms with Crippen molar-refractivity contribution in [2.45, 2.75) is 12.8 Å². The summed E-state index contributed by atoms with van der Waals surface area (Å²) < 4.78 is 5.20. The molecule has 1 aliphatic rings. The van der Waals surface area contributed by atoms with Crippen molar-refractivity contribution in [2.24, 2.45) is 5.41 Å². The first-order valence-corrected chi connectivity index (χ1v) is 5.72. The van der Waals surface area contributed by atoms with E-state index in [1.54, 1.807) is 19.1 Å². The Labute approximate surface area is 96.8 Å². The molecule has 16 heavy (non-hydrogen) atoms. The minimum atomic E-state index is -0.399. The molecular weight excluding hydrogens is 208 g/mol. The van der Waals surface area contributed by atoms with Gasteiger partial charge in [0.25, 0.3) is 0 Å². The average Bonchev–Trinajstić information content (AvgIpc) is 2.30. The summed E-state index contributed by atoms with van der Waals surface area (Å²) in [7, 11) is 3.36. The van der Waals surface area contributed by atoms with Gasteiger partial charge in [0.05, 0.1) is 18.6 Å². The maximum Gasteiger partial charge on any atom is 0.231 e. The number of ether oxygens (including phenoxy) is 1. The van der Waals surface area contributed by atoms with Crippen LogP contribution in [-0.2, 0) is 9.53 Å². The fourth-order valence-electron chi connectivity index (χ4n) is 2.26. The SMILES string of the molecule is COCC1(C(=O)N(C)CCO)CCNCC1. The van der Waals surface area contributed by atoms with Crippen molar-refractivity contribution in [3.8, 4) is 0 Å². The number of aliphatic hydroxyl groups excluding tert-OH is 1. The van der Waals surface area contributed by atoms with E-state index in [1.165, 1.54) is 0 Å². The highest BCUT2D eigenvalue weighted by Gasteiger charge is 2.41. The van der Waals surface area contributed by atoms with Crippen LogP contribution in [0.2, 0.25) is 0 Å². The van der Waals surface area contributed by atoms with Crippen molar-refractivity contribution in [1.29, 1.82) is 0 Å². The maximum atomic E-state index is 12.3. The minimum Gasteiger partial charge on any atom is -0.395 e. The lowest BCUT2D eigenvalue weighted by atomic mass is 9.78. The van der Waals surface area contributed by atoms with Gasteiger partial charge in [-0.2, -0.15) is 0 Å². The van der Waals surface area contributed by atoms with E-state index >= 15 is 0 Å². The van der Waals surface area contributed by atoms with Crippen molar-refractivity contribution in [3.63, 3.8) is 0 Å². The third-order valence-electron chi connectivity index (χ3n) is 3.22. The number of nitrogens with one attached hydrogen (secondary N) is 1. The number of hydrogen-bond acceptors (Lipinski definition) is 4. The van der Waals surface area contributed by atoms with E-state index in [9.17, 15) is 4.79 Å². The van der Waals surface area contributed by atoms with Gasteiger partial charge in [-0.15, -0.1) is 0 Å². The molecule has 94 valence electrons. The Kier molecular flexibility index (Phi) is 5.18. The van der Waals surface area contributed by atoms with Crippen molar-refractivity contribution in [1.82, 2.24) is 10.2 Å². The third kappa shape index (κ3) is 2.93. The topological polar surface area (TPSA) is 61.8 Å². The first-order chi connectivity index (χ1) is 7.66. The molecule has 0 saturated carbocycles. The summed E-state index contributed by atoms with van der Waals surface area (Å²) in [6.45, 7) is 2.55. The zero-order chi connectivity index (χ0) is 12.0. The van der Waals surface area contributed by atoms with E-state index < -0.39 is 5.41 Å². The van der Waals surface area contributed by atoms with Crippen LogP contribution in [0, 0.1) is 5.41 Å². The molecule has 0 radical (unpaired) electrons. The Balaban J connectivity index is 2.71. The van der Waals surface area contributed by atoms with Crippen molar-refractivity contribution in [2.75, 3.05) is 47.0 Å². The molecule has 1 aliphatic heterocycles. The Bertz CT molecular complexity index is 222. The monoisotopic (exact) mass is 230 g/mol. The van der Waals surface area contributed by atoms with Crippen LogP contribution in [0.5, 0.6) is 0 Å². The third-order valence-corrected chi connectivity index (χ3v) is 3.22. The molecule has 0 spiro atoms. The molecule has 5 heteroatoms. The largest absolute Gasteiger partial charge is 0.395 e. The van der Waals surface area contributed by atoms with Gasteiger partial charge < -0.3 is 20.1 Å². The first kappa shape index (κ1) is 13.4. The molecule has 1 rings (SSSR count). The summed E-state index contributed by atoms with van der Waals surface area (Å²) in [6, 6.07) is 0. The lowest BCUT2D eigenvalue weighted by molar-refractivity contribution is -0.146. The molecule has 1 fully saturated rings. The molecule has 2 N–H and O–H groups in total. The zero-order valence-corrected chi connectivity index (χ0v) is 10.2. The average molecular weight is 230 g/mol. The molecule has 0 bridgehead atoms. The Morgan fingerprint density at radius 3 is 2.62 bits per heavy atom. The standard InChI is InChI=1S/C11H22N2O3/c1-13(7-8-14)10(15)11(9-16-2)3-5-12-6-4-11/h12,14H,3-9H2,1-2H3. The summed E-state index contributed by atoms with van der Waals surface area (Å²) >= 11 is 0. The van der Waals surface area contributed by atoms with E-state index in [-0.39, 0.29) is 12.5 Å². The van der Waals surface area contributed by atoms with Gasteiger partial charge in [-0.05, 0) is 25.9 Å². The van der Waals surface area contributed by atoms with Crippen LogP contribution < -0.4 is 5.32 Å². The second-order valence-electron chi connectivity index (χ2n) is 4.41. The molecule has 1 saturated heterocycles. The molecule has 0 atom stereocenters. The van der Waals surface area contributed by atoms with Gasteiger partial charge in [0.1, 0.15) is 0 Å². The quantitative estimate of drug-likeness (QED) is 0.665. The zero-order valence-electron chi connectivity index (χ0n) is 10.2. The first-order valence-electron chi connectivity index (χ1n) is 5.72. The van der Waals surface area contributed by atoms with Crippen LogP contribution >= 0.6 is 0 Å². The van der Waals surface area contributed by atoms with Crippen molar-refractivity contribution < 1.29 is 14.6 Å².